The summed E-state index contributed by atoms with van der Waals surface area (Å²) in [4.78, 5) is 2.38. The topological polar surface area (TPSA) is 8.17 Å². The van der Waals surface area contributed by atoms with Gasteiger partial charge in [0.1, 0.15) is 0 Å². The van der Waals surface area contributed by atoms with E-state index in [0.717, 1.165) is 28.3 Å². The van der Waals surface area contributed by atoms with E-state index in [1.165, 1.54) is 60.8 Å². The normalized spacial score (nSPS) is 11.1. The molecule has 9 aromatic carbocycles. The van der Waals surface area contributed by atoms with E-state index in [9.17, 15) is 0 Å². The summed E-state index contributed by atoms with van der Waals surface area (Å²) in [7, 11) is 0. The first kappa shape index (κ1) is 34.8. The van der Waals surface area contributed by atoms with Gasteiger partial charge >= 0.3 is 0 Å². The lowest BCUT2D eigenvalue weighted by molar-refractivity contribution is 1.18. The molecule has 0 unspecified atom stereocenters. The van der Waals surface area contributed by atoms with Gasteiger partial charge in [-0.1, -0.05) is 182 Å². The van der Waals surface area contributed by atoms with Gasteiger partial charge in [0.25, 0.3) is 0 Å². The molecule has 2 heteroatoms. The van der Waals surface area contributed by atoms with Crippen LogP contribution in [0.3, 0.4) is 0 Å². The SMILES string of the molecule is c1ccc(C(=C(c2ccccc2)c2ccc(N(c3ccc(-c4ccccc4)cc3)c3ccc4c(c3)c3ccccc3n4-c3ccccc3)cc2)c2ccccc2)cc1. The second-order valence-electron chi connectivity index (χ2n) is 14.5. The van der Waals surface area contributed by atoms with Crippen LogP contribution in [0.2, 0.25) is 0 Å². The Bertz CT molecular complexity index is 2940. The number of benzene rings is 9. The summed E-state index contributed by atoms with van der Waals surface area (Å²) >= 11 is 0. The van der Waals surface area contributed by atoms with Gasteiger partial charge in [0.15, 0.2) is 0 Å². The van der Waals surface area contributed by atoms with Crippen molar-refractivity contribution in [3.63, 3.8) is 0 Å². The number of anilines is 3. The van der Waals surface area contributed by atoms with E-state index < -0.39 is 0 Å². The van der Waals surface area contributed by atoms with Crippen molar-refractivity contribution in [2.75, 3.05) is 4.90 Å². The highest BCUT2D eigenvalue weighted by molar-refractivity contribution is 6.11. The van der Waals surface area contributed by atoms with Crippen molar-refractivity contribution in [1.29, 1.82) is 0 Å². The number of fused-ring (bicyclic) bond motifs is 3. The molecule has 2 nitrogen and oxygen atoms in total. The molecule has 0 N–H and O–H groups in total. The summed E-state index contributed by atoms with van der Waals surface area (Å²) in [5, 5.41) is 2.44. The molecule has 0 saturated heterocycles. The number of rotatable bonds is 9. The van der Waals surface area contributed by atoms with E-state index >= 15 is 0 Å². The Kier molecular flexibility index (Phi) is 9.27. The van der Waals surface area contributed by atoms with Crippen LogP contribution in [0.5, 0.6) is 0 Å². The molecule has 0 fully saturated rings. The number of nitrogens with zero attached hydrogens (tertiary/aromatic N) is 2. The molecule has 0 saturated carbocycles. The zero-order valence-electron chi connectivity index (χ0n) is 32.0. The Balaban J connectivity index is 1.15. The minimum atomic E-state index is 1.08. The molecule has 274 valence electrons. The van der Waals surface area contributed by atoms with E-state index in [1.807, 2.05) is 0 Å². The van der Waals surface area contributed by atoms with Gasteiger partial charge in [-0.2, -0.15) is 0 Å². The monoisotopic (exact) mass is 740 g/mol. The Morgan fingerprint density at radius 3 is 1.24 bits per heavy atom. The van der Waals surface area contributed by atoms with Gasteiger partial charge in [-0.05, 0) is 105 Å². The Labute approximate surface area is 339 Å². The Morgan fingerprint density at radius 1 is 0.293 bits per heavy atom. The van der Waals surface area contributed by atoms with Crippen molar-refractivity contribution < 1.29 is 0 Å². The van der Waals surface area contributed by atoms with Crippen LogP contribution in [-0.2, 0) is 0 Å². The van der Waals surface area contributed by atoms with Crippen LogP contribution >= 0.6 is 0 Å². The van der Waals surface area contributed by atoms with E-state index in [2.05, 4.69) is 252 Å². The van der Waals surface area contributed by atoms with Crippen LogP contribution in [0.15, 0.2) is 243 Å². The van der Waals surface area contributed by atoms with E-state index in [1.54, 1.807) is 0 Å². The number of aromatic nitrogens is 1. The molecule has 0 bridgehead atoms. The van der Waals surface area contributed by atoms with Crippen molar-refractivity contribution in [2.24, 2.45) is 0 Å². The predicted octanol–water partition coefficient (Wildman–Crippen LogP) is 14.9. The fraction of sp³-hybridized carbons (Fsp3) is 0. The van der Waals surface area contributed by atoms with Crippen molar-refractivity contribution in [2.45, 2.75) is 0 Å². The minimum absolute atomic E-state index is 1.08. The quantitative estimate of drug-likeness (QED) is 0.134. The molecule has 10 rings (SSSR count). The third-order valence-corrected chi connectivity index (χ3v) is 11.0. The standard InChI is InChI=1S/C56H40N2/c1-6-18-41(19-7-1)42-30-34-48(35-31-42)57(50-38-39-54-52(40-50)51-28-16-17-29-53(51)58(54)47-26-14-5-15-27-47)49-36-32-46(33-37-49)56(45-24-12-4-13-25-45)55(43-20-8-2-9-21-43)44-22-10-3-11-23-44/h1-40H. The van der Waals surface area contributed by atoms with E-state index in [0.29, 0.717) is 0 Å². The van der Waals surface area contributed by atoms with Gasteiger partial charge in [0.05, 0.1) is 11.0 Å². The lowest BCUT2D eigenvalue weighted by Gasteiger charge is -2.26. The van der Waals surface area contributed by atoms with Crippen LogP contribution < -0.4 is 4.90 Å². The van der Waals surface area contributed by atoms with Crippen LogP contribution in [0.25, 0.3) is 49.8 Å². The van der Waals surface area contributed by atoms with Crippen molar-refractivity contribution in [3.05, 3.63) is 265 Å². The van der Waals surface area contributed by atoms with Gasteiger partial charge in [-0.15, -0.1) is 0 Å². The summed E-state index contributed by atoms with van der Waals surface area (Å²) in [5.41, 5.74) is 16.3. The lowest BCUT2D eigenvalue weighted by Crippen LogP contribution is -2.10. The first-order chi connectivity index (χ1) is 28.8. The molecule has 10 aromatic rings. The molecule has 0 radical (unpaired) electrons. The third kappa shape index (κ3) is 6.57. The second kappa shape index (κ2) is 15.5. The first-order valence-corrected chi connectivity index (χ1v) is 19.9. The highest BCUT2D eigenvalue weighted by Crippen LogP contribution is 2.42. The van der Waals surface area contributed by atoms with E-state index in [-0.39, 0.29) is 0 Å². The fourth-order valence-corrected chi connectivity index (χ4v) is 8.34. The summed E-state index contributed by atoms with van der Waals surface area (Å²) in [6.07, 6.45) is 0. The van der Waals surface area contributed by atoms with Crippen LogP contribution in [0.1, 0.15) is 22.3 Å². The number of hydrogen-bond acceptors (Lipinski definition) is 1. The maximum atomic E-state index is 2.38. The first-order valence-electron chi connectivity index (χ1n) is 19.9. The van der Waals surface area contributed by atoms with Gasteiger partial charge in [-0.3, -0.25) is 0 Å². The van der Waals surface area contributed by atoms with Crippen molar-refractivity contribution in [1.82, 2.24) is 4.57 Å². The summed E-state index contributed by atoms with van der Waals surface area (Å²) in [6, 6.07) is 87.2. The molecular formula is C56H40N2. The maximum Gasteiger partial charge on any atom is 0.0542 e. The fourth-order valence-electron chi connectivity index (χ4n) is 8.34. The molecule has 0 atom stereocenters. The largest absolute Gasteiger partial charge is 0.310 e. The molecule has 0 amide bonds. The van der Waals surface area contributed by atoms with Crippen molar-refractivity contribution >= 4 is 50.0 Å². The Morgan fingerprint density at radius 2 is 0.690 bits per heavy atom. The van der Waals surface area contributed by atoms with Crippen molar-refractivity contribution in [3.8, 4) is 16.8 Å². The minimum Gasteiger partial charge on any atom is -0.310 e. The highest BCUT2D eigenvalue weighted by Gasteiger charge is 2.20. The Hall–Kier alpha value is -7.68. The summed E-state index contributed by atoms with van der Waals surface area (Å²) in [5.74, 6) is 0. The molecule has 0 spiro atoms. The smallest absolute Gasteiger partial charge is 0.0542 e. The summed E-state index contributed by atoms with van der Waals surface area (Å²) in [6.45, 7) is 0. The lowest BCUT2D eigenvalue weighted by atomic mass is 9.86. The van der Waals surface area contributed by atoms with Gasteiger partial charge in [0.2, 0.25) is 0 Å². The van der Waals surface area contributed by atoms with Gasteiger partial charge in [-0.25, -0.2) is 0 Å². The summed E-state index contributed by atoms with van der Waals surface area (Å²) < 4.78 is 2.37. The zero-order valence-corrected chi connectivity index (χ0v) is 32.0. The molecular weight excluding hydrogens is 701 g/mol. The number of hydrogen-bond donors (Lipinski definition) is 0. The zero-order chi connectivity index (χ0) is 38.7. The predicted molar refractivity (Wildman–Crippen MR) is 245 cm³/mol. The third-order valence-electron chi connectivity index (χ3n) is 11.0. The molecule has 1 aromatic heterocycles. The molecule has 1 heterocycles. The molecule has 0 aliphatic carbocycles. The van der Waals surface area contributed by atoms with Crippen LogP contribution in [-0.4, -0.2) is 4.57 Å². The molecule has 0 aliphatic heterocycles. The molecule has 0 aliphatic rings. The van der Waals surface area contributed by atoms with E-state index in [4.69, 9.17) is 0 Å². The van der Waals surface area contributed by atoms with Crippen LogP contribution in [0, 0.1) is 0 Å². The average molecular weight is 741 g/mol. The highest BCUT2D eigenvalue weighted by atomic mass is 15.1. The second-order valence-corrected chi connectivity index (χ2v) is 14.5. The van der Waals surface area contributed by atoms with Gasteiger partial charge < -0.3 is 9.47 Å². The van der Waals surface area contributed by atoms with Gasteiger partial charge in [0, 0.05) is 33.5 Å². The number of para-hydroxylation sites is 2. The molecule has 58 heavy (non-hydrogen) atoms. The maximum absolute atomic E-state index is 2.38. The average Bonchev–Trinajstić information content (AvgIpc) is 3.64. The van der Waals surface area contributed by atoms with Crippen LogP contribution in [0.4, 0.5) is 17.1 Å².